The molecule has 0 bridgehead atoms. The number of carbonyl (C=O) groups excluding carboxylic acids is 1. The summed E-state index contributed by atoms with van der Waals surface area (Å²) in [6.45, 7) is 0.548. The topological polar surface area (TPSA) is 88.0 Å². The Morgan fingerprint density at radius 1 is 1.71 bits per heavy atom. The van der Waals surface area contributed by atoms with Gasteiger partial charge in [0.05, 0.1) is 11.1 Å². The number of nitrogens with one attached hydrogen (secondary N) is 2. The van der Waals surface area contributed by atoms with Gasteiger partial charge in [0, 0.05) is 17.0 Å². The zero-order chi connectivity index (χ0) is 10.6. The van der Waals surface area contributed by atoms with E-state index in [0.717, 1.165) is 4.43 Å². The van der Waals surface area contributed by atoms with Crippen molar-refractivity contribution in [1.29, 1.82) is 0 Å². The van der Waals surface area contributed by atoms with Crippen LogP contribution in [-0.2, 0) is 0 Å². The number of aromatic amines is 1. The largest absolute Gasteiger partial charge is 0.351 e. The number of carbonyl (C=O) groups is 1. The summed E-state index contributed by atoms with van der Waals surface area (Å²) in [7, 11) is 0. The summed E-state index contributed by atoms with van der Waals surface area (Å²) in [5, 5.41) is 12.9. The molecule has 0 aromatic carbocycles. The van der Waals surface area contributed by atoms with Gasteiger partial charge in [0.2, 0.25) is 0 Å². The molecule has 1 aromatic heterocycles. The van der Waals surface area contributed by atoms with Gasteiger partial charge in [0.1, 0.15) is 5.69 Å². The van der Waals surface area contributed by atoms with E-state index < -0.39 is 4.92 Å². The maximum atomic E-state index is 11.3. The summed E-state index contributed by atoms with van der Waals surface area (Å²) in [5.74, 6) is -0.324. The van der Waals surface area contributed by atoms with E-state index in [2.05, 4.69) is 32.9 Å². The van der Waals surface area contributed by atoms with Crippen LogP contribution >= 0.6 is 22.6 Å². The lowest BCUT2D eigenvalue weighted by Crippen LogP contribution is -2.25. The van der Waals surface area contributed by atoms with Crippen molar-refractivity contribution in [3.8, 4) is 0 Å². The van der Waals surface area contributed by atoms with Gasteiger partial charge in [-0.05, 0) is 0 Å². The predicted molar refractivity (Wildman–Crippen MR) is 58.7 cm³/mol. The van der Waals surface area contributed by atoms with Crippen LogP contribution in [0.1, 0.15) is 10.5 Å². The van der Waals surface area contributed by atoms with Crippen molar-refractivity contribution in [3.63, 3.8) is 0 Å². The number of H-pyrrole nitrogens is 1. The van der Waals surface area contributed by atoms with Gasteiger partial charge in [-0.25, -0.2) is 0 Å². The summed E-state index contributed by atoms with van der Waals surface area (Å²) < 4.78 is 0.798. The quantitative estimate of drug-likeness (QED) is 0.378. The summed E-state index contributed by atoms with van der Waals surface area (Å²) in [6, 6.07) is 1.21. The Morgan fingerprint density at radius 2 is 2.43 bits per heavy atom. The molecule has 6 nitrogen and oxygen atoms in total. The van der Waals surface area contributed by atoms with E-state index in [1.165, 1.54) is 12.3 Å². The van der Waals surface area contributed by atoms with E-state index >= 15 is 0 Å². The van der Waals surface area contributed by atoms with Crippen molar-refractivity contribution in [3.05, 3.63) is 28.1 Å². The monoisotopic (exact) mass is 309 g/mol. The summed E-state index contributed by atoms with van der Waals surface area (Å²) >= 11 is 2.12. The number of hydrogen-bond donors (Lipinski definition) is 2. The third-order valence-electron chi connectivity index (χ3n) is 1.50. The van der Waals surface area contributed by atoms with Gasteiger partial charge in [0.15, 0.2) is 0 Å². The fourth-order valence-electron chi connectivity index (χ4n) is 0.875. The highest BCUT2D eigenvalue weighted by Crippen LogP contribution is 2.11. The van der Waals surface area contributed by atoms with Crippen molar-refractivity contribution in [2.24, 2.45) is 0 Å². The Labute approximate surface area is 93.4 Å². The molecule has 0 unspecified atom stereocenters. The number of aromatic nitrogens is 1. The normalized spacial score (nSPS) is 9.79. The van der Waals surface area contributed by atoms with Crippen molar-refractivity contribution in [1.82, 2.24) is 10.3 Å². The maximum Gasteiger partial charge on any atom is 0.287 e. The minimum Gasteiger partial charge on any atom is -0.351 e. The first-order valence-corrected chi connectivity index (χ1v) is 5.34. The second-order valence-corrected chi connectivity index (χ2v) is 3.55. The van der Waals surface area contributed by atoms with Crippen LogP contribution in [0.15, 0.2) is 12.3 Å². The molecule has 76 valence electrons. The molecule has 2 N–H and O–H groups in total. The molecule has 0 aliphatic rings. The van der Waals surface area contributed by atoms with Gasteiger partial charge in [0.25, 0.3) is 11.6 Å². The average Bonchev–Trinajstić information content (AvgIpc) is 2.62. The van der Waals surface area contributed by atoms with Gasteiger partial charge < -0.3 is 10.3 Å². The van der Waals surface area contributed by atoms with Crippen molar-refractivity contribution < 1.29 is 9.72 Å². The highest BCUT2D eigenvalue weighted by atomic mass is 127. The van der Waals surface area contributed by atoms with Crippen LogP contribution in [0.2, 0.25) is 0 Å². The van der Waals surface area contributed by atoms with Crippen molar-refractivity contribution in [2.75, 3.05) is 11.0 Å². The SMILES string of the molecule is O=C(NCCI)c1cc([N+](=O)[O-])c[nH]1. The molecule has 0 atom stereocenters. The molecule has 1 rings (SSSR count). The number of halogens is 1. The van der Waals surface area contributed by atoms with Crippen molar-refractivity contribution in [2.45, 2.75) is 0 Å². The lowest BCUT2D eigenvalue weighted by Gasteiger charge is -1.98. The Bertz CT molecular complexity index is 350. The number of alkyl halides is 1. The van der Waals surface area contributed by atoms with E-state index in [1.807, 2.05) is 0 Å². The van der Waals surface area contributed by atoms with Crippen molar-refractivity contribution >= 4 is 34.2 Å². The molecule has 1 heterocycles. The molecule has 1 amide bonds. The first kappa shape index (κ1) is 11.0. The van der Waals surface area contributed by atoms with E-state index in [-0.39, 0.29) is 17.3 Å². The highest BCUT2D eigenvalue weighted by Gasteiger charge is 2.13. The summed E-state index contributed by atoms with van der Waals surface area (Å²) in [5.41, 5.74) is 0.103. The number of rotatable bonds is 4. The number of nitro groups is 1. The minimum atomic E-state index is -0.550. The zero-order valence-electron chi connectivity index (χ0n) is 7.12. The molecular weight excluding hydrogens is 301 g/mol. The molecular formula is C7H8IN3O3. The van der Waals surface area contributed by atoms with Crippen LogP contribution in [0.4, 0.5) is 5.69 Å². The van der Waals surface area contributed by atoms with E-state index in [9.17, 15) is 14.9 Å². The first-order valence-electron chi connectivity index (χ1n) is 3.82. The van der Waals surface area contributed by atoms with Crippen LogP contribution in [0, 0.1) is 10.1 Å². The molecule has 0 saturated carbocycles. The highest BCUT2D eigenvalue weighted by molar-refractivity contribution is 14.1. The van der Waals surface area contributed by atoms with Gasteiger partial charge in [-0.1, -0.05) is 22.6 Å². The van der Waals surface area contributed by atoms with Crippen LogP contribution in [-0.4, -0.2) is 26.8 Å². The molecule has 0 aliphatic carbocycles. The van der Waals surface area contributed by atoms with Crippen LogP contribution < -0.4 is 5.32 Å². The van der Waals surface area contributed by atoms with Gasteiger partial charge >= 0.3 is 0 Å². The standard InChI is InChI=1S/C7H8IN3O3/c8-1-2-9-7(12)6-3-5(4-10-6)11(13)14/h3-4,10H,1-2H2,(H,9,12). The smallest absolute Gasteiger partial charge is 0.287 e. The van der Waals surface area contributed by atoms with Gasteiger partial charge in [-0.15, -0.1) is 0 Å². The van der Waals surface area contributed by atoms with E-state index in [1.54, 1.807) is 0 Å². The van der Waals surface area contributed by atoms with Crippen LogP contribution in [0.5, 0.6) is 0 Å². The predicted octanol–water partition coefficient (Wildman–Crippen LogP) is 1.09. The number of amides is 1. The molecule has 0 saturated heterocycles. The maximum absolute atomic E-state index is 11.3. The third-order valence-corrected chi connectivity index (χ3v) is 2.04. The second kappa shape index (κ2) is 4.94. The molecule has 0 aliphatic heterocycles. The zero-order valence-corrected chi connectivity index (χ0v) is 9.28. The number of nitrogens with zero attached hydrogens (tertiary/aromatic N) is 1. The molecule has 7 heteroatoms. The van der Waals surface area contributed by atoms with Crippen LogP contribution in [0.3, 0.4) is 0 Å². The lowest BCUT2D eigenvalue weighted by atomic mass is 10.4. The Hall–Kier alpha value is -1.12. The van der Waals surface area contributed by atoms with E-state index in [4.69, 9.17) is 0 Å². The Morgan fingerprint density at radius 3 is 2.93 bits per heavy atom. The van der Waals surface area contributed by atoms with Gasteiger partial charge in [-0.3, -0.25) is 14.9 Å². The lowest BCUT2D eigenvalue weighted by molar-refractivity contribution is -0.384. The van der Waals surface area contributed by atoms with E-state index in [0.29, 0.717) is 6.54 Å². The average molecular weight is 309 g/mol. The fourth-order valence-corrected chi connectivity index (χ4v) is 1.15. The fraction of sp³-hybridized carbons (Fsp3) is 0.286. The first-order chi connectivity index (χ1) is 6.65. The third kappa shape index (κ3) is 2.69. The molecule has 0 spiro atoms. The summed E-state index contributed by atoms with van der Waals surface area (Å²) in [4.78, 5) is 23.6. The van der Waals surface area contributed by atoms with Crippen LogP contribution in [0.25, 0.3) is 0 Å². The second-order valence-electron chi connectivity index (χ2n) is 2.47. The number of hydrogen-bond acceptors (Lipinski definition) is 3. The molecule has 14 heavy (non-hydrogen) atoms. The molecule has 1 aromatic rings. The molecule has 0 radical (unpaired) electrons. The minimum absolute atomic E-state index is 0.107. The molecule has 0 fully saturated rings. The summed E-state index contributed by atoms with van der Waals surface area (Å²) in [6.07, 6.45) is 1.19. The Kier molecular flexibility index (Phi) is 3.86. The Balaban J connectivity index is 2.66. The van der Waals surface area contributed by atoms with Gasteiger partial charge in [-0.2, -0.15) is 0 Å².